The van der Waals surface area contributed by atoms with Gasteiger partial charge in [0, 0.05) is 6.04 Å². The third kappa shape index (κ3) is 8.37. The Labute approximate surface area is 126 Å². The van der Waals surface area contributed by atoms with E-state index in [9.17, 15) is 0 Å². The van der Waals surface area contributed by atoms with Gasteiger partial charge >= 0.3 is 0 Å². The number of nitrogens with one attached hydrogen (secondary N) is 1. The molecule has 0 bridgehead atoms. The van der Waals surface area contributed by atoms with E-state index in [1.807, 2.05) is 0 Å². The number of hydrogen-bond donors (Lipinski definition) is 1. The molecule has 20 heavy (non-hydrogen) atoms. The topological polar surface area (TPSA) is 12.0 Å². The molecule has 0 spiro atoms. The Kier molecular flexibility index (Phi) is 10.3. The number of benzene rings is 1. The van der Waals surface area contributed by atoms with E-state index in [0.717, 1.165) is 6.42 Å². The van der Waals surface area contributed by atoms with E-state index < -0.39 is 0 Å². The first-order valence-corrected chi connectivity index (χ1v) is 8.58. The number of rotatable bonds is 12. The quantitative estimate of drug-likeness (QED) is 0.507. The fourth-order valence-electron chi connectivity index (χ4n) is 2.77. The Morgan fingerprint density at radius 2 is 1.45 bits per heavy atom. The molecule has 0 fully saturated rings. The van der Waals surface area contributed by atoms with E-state index in [-0.39, 0.29) is 0 Å². The summed E-state index contributed by atoms with van der Waals surface area (Å²) >= 11 is 0. The monoisotopic (exact) mass is 275 g/mol. The third-order valence-electron chi connectivity index (χ3n) is 4.14. The first kappa shape index (κ1) is 17.2. The zero-order valence-corrected chi connectivity index (χ0v) is 13.5. The number of hydrogen-bond acceptors (Lipinski definition) is 1. The molecule has 0 aliphatic rings. The Bertz CT molecular complexity index is 307. The molecule has 1 aromatic carbocycles. The summed E-state index contributed by atoms with van der Waals surface area (Å²) in [6.45, 7) is 2.28. The molecule has 0 saturated carbocycles. The van der Waals surface area contributed by atoms with Gasteiger partial charge in [-0.3, -0.25) is 0 Å². The first-order valence-electron chi connectivity index (χ1n) is 8.58. The molecule has 114 valence electrons. The Morgan fingerprint density at radius 3 is 2.05 bits per heavy atom. The lowest BCUT2D eigenvalue weighted by Crippen LogP contribution is -2.27. The molecule has 0 aliphatic carbocycles. The maximum Gasteiger partial charge on any atom is 0.0104 e. The maximum atomic E-state index is 3.47. The third-order valence-corrected chi connectivity index (χ3v) is 4.14. The fourth-order valence-corrected chi connectivity index (χ4v) is 2.77. The SMILES string of the molecule is CCCCCCCCCCC(Cc1ccccc1)NC. The molecule has 0 aliphatic heterocycles. The first-order chi connectivity index (χ1) is 9.86. The van der Waals surface area contributed by atoms with Crippen molar-refractivity contribution in [3.8, 4) is 0 Å². The summed E-state index contributed by atoms with van der Waals surface area (Å²) in [5.74, 6) is 0. The van der Waals surface area contributed by atoms with Crippen molar-refractivity contribution in [2.24, 2.45) is 0 Å². The van der Waals surface area contributed by atoms with Gasteiger partial charge in [0.1, 0.15) is 0 Å². The Hall–Kier alpha value is -0.820. The lowest BCUT2D eigenvalue weighted by Gasteiger charge is -2.16. The van der Waals surface area contributed by atoms with E-state index in [2.05, 4.69) is 49.6 Å². The maximum absolute atomic E-state index is 3.47. The molecule has 1 N–H and O–H groups in total. The van der Waals surface area contributed by atoms with Crippen LogP contribution in [0.15, 0.2) is 30.3 Å². The largest absolute Gasteiger partial charge is 0.317 e. The van der Waals surface area contributed by atoms with Gasteiger partial charge in [-0.1, -0.05) is 88.6 Å². The lowest BCUT2D eigenvalue weighted by atomic mass is 9.99. The van der Waals surface area contributed by atoms with Crippen LogP contribution < -0.4 is 5.32 Å². The Balaban J connectivity index is 2.04. The van der Waals surface area contributed by atoms with Crippen LogP contribution in [-0.4, -0.2) is 13.1 Å². The van der Waals surface area contributed by atoms with Crippen LogP contribution in [0.2, 0.25) is 0 Å². The van der Waals surface area contributed by atoms with Crippen molar-refractivity contribution >= 4 is 0 Å². The number of likely N-dealkylation sites (N-methyl/N-ethyl adjacent to an activating group) is 1. The highest BCUT2D eigenvalue weighted by Crippen LogP contribution is 2.12. The molecular weight excluding hydrogens is 242 g/mol. The molecule has 1 unspecified atom stereocenters. The Morgan fingerprint density at radius 1 is 0.850 bits per heavy atom. The van der Waals surface area contributed by atoms with Crippen LogP contribution in [0, 0.1) is 0 Å². The molecule has 1 aromatic rings. The molecule has 0 radical (unpaired) electrons. The zero-order valence-electron chi connectivity index (χ0n) is 13.5. The smallest absolute Gasteiger partial charge is 0.0104 e. The van der Waals surface area contributed by atoms with Crippen molar-refractivity contribution in [1.82, 2.24) is 5.32 Å². The van der Waals surface area contributed by atoms with Crippen LogP contribution in [0.25, 0.3) is 0 Å². The highest BCUT2D eigenvalue weighted by atomic mass is 14.9. The van der Waals surface area contributed by atoms with Crippen LogP contribution in [0.3, 0.4) is 0 Å². The summed E-state index contributed by atoms with van der Waals surface area (Å²) in [6.07, 6.45) is 13.7. The standard InChI is InChI=1S/C19H33N/c1-3-4-5-6-7-8-9-13-16-19(20-2)17-18-14-11-10-12-15-18/h10-12,14-15,19-20H,3-9,13,16-17H2,1-2H3. The summed E-state index contributed by atoms with van der Waals surface area (Å²) in [5.41, 5.74) is 1.45. The van der Waals surface area contributed by atoms with Gasteiger partial charge in [0.25, 0.3) is 0 Å². The molecule has 0 heterocycles. The second kappa shape index (κ2) is 12.0. The summed E-state index contributed by atoms with van der Waals surface area (Å²) in [4.78, 5) is 0. The molecule has 0 aromatic heterocycles. The molecule has 0 saturated heterocycles. The van der Waals surface area contributed by atoms with Gasteiger partial charge in [0.2, 0.25) is 0 Å². The normalized spacial score (nSPS) is 12.5. The van der Waals surface area contributed by atoms with Gasteiger partial charge < -0.3 is 5.32 Å². The van der Waals surface area contributed by atoms with E-state index in [0.29, 0.717) is 6.04 Å². The van der Waals surface area contributed by atoms with Gasteiger partial charge in [-0.2, -0.15) is 0 Å². The predicted octanol–water partition coefficient (Wildman–Crippen LogP) is 5.35. The van der Waals surface area contributed by atoms with E-state index >= 15 is 0 Å². The second-order valence-corrected chi connectivity index (χ2v) is 5.94. The van der Waals surface area contributed by atoms with Gasteiger partial charge in [-0.25, -0.2) is 0 Å². The minimum absolute atomic E-state index is 0.637. The van der Waals surface area contributed by atoms with Crippen LogP contribution in [0.1, 0.15) is 70.3 Å². The van der Waals surface area contributed by atoms with Gasteiger partial charge in [0.05, 0.1) is 0 Å². The van der Waals surface area contributed by atoms with Crippen molar-refractivity contribution in [3.05, 3.63) is 35.9 Å². The van der Waals surface area contributed by atoms with E-state index in [1.54, 1.807) is 0 Å². The average Bonchev–Trinajstić information content (AvgIpc) is 2.49. The van der Waals surface area contributed by atoms with Gasteiger partial charge in [0.15, 0.2) is 0 Å². The highest BCUT2D eigenvalue weighted by Gasteiger charge is 2.06. The van der Waals surface area contributed by atoms with Crippen LogP contribution in [0.5, 0.6) is 0 Å². The van der Waals surface area contributed by atoms with E-state index in [4.69, 9.17) is 0 Å². The van der Waals surface area contributed by atoms with Crippen LogP contribution in [0.4, 0.5) is 0 Å². The molecular formula is C19H33N. The van der Waals surface area contributed by atoms with Gasteiger partial charge in [-0.15, -0.1) is 0 Å². The minimum atomic E-state index is 0.637. The molecule has 1 heteroatoms. The number of unbranched alkanes of at least 4 members (excludes halogenated alkanes) is 7. The van der Waals surface area contributed by atoms with Crippen molar-refractivity contribution in [1.29, 1.82) is 0 Å². The van der Waals surface area contributed by atoms with E-state index in [1.165, 1.54) is 63.4 Å². The van der Waals surface area contributed by atoms with Crippen LogP contribution >= 0.6 is 0 Å². The summed E-state index contributed by atoms with van der Waals surface area (Å²) in [6, 6.07) is 11.5. The van der Waals surface area contributed by atoms with Crippen LogP contribution in [-0.2, 0) is 6.42 Å². The molecule has 1 nitrogen and oxygen atoms in total. The van der Waals surface area contributed by atoms with Crippen molar-refractivity contribution in [2.45, 2.75) is 77.2 Å². The second-order valence-electron chi connectivity index (χ2n) is 5.94. The zero-order chi connectivity index (χ0) is 14.5. The summed E-state index contributed by atoms with van der Waals surface area (Å²) in [5, 5.41) is 3.47. The summed E-state index contributed by atoms with van der Waals surface area (Å²) < 4.78 is 0. The van der Waals surface area contributed by atoms with Crippen molar-refractivity contribution < 1.29 is 0 Å². The minimum Gasteiger partial charge on any atom is -0.317 e. The van der Waals surface area contributed by atoms with Crippen molar-refractivity contribution in [2.75, 3.05) is 7.05 Å². The molecule has 1 rings (SSSR count). The molecule has 0 amide bonds. The average molecular weight is 275 g/mol. The van der Waals surface area contributed by atoms with Gasteiger partial charge in [-0.05, 0) is 25.5 Å². The molecule has 1 atom stereocenters. The lowest BCUT2D eigenvalue weighted by molar-refractivity contribution is 0.477. The summed E-state index contributed by atoms with van der Waals surface area (Å²) in [7, 11) is 2.10. The predicted molar refractivity (Wildman–Crippen MR) is 90.2 cm³/mol. The highest BCUT2D eigenvalue weighted by molar-refractivity contribution is 5.15. The fraction of sp³-hybridized carbons (Fsp3) is 0.684. The van der Waals surface area contributed by atoms with Crippen molar-refractivity contribution in [3.63, 3.8) is 0 Å².